The molecule has 1 N–H and O–H groups in total. The number of ketones is 1. The number of carbonyl (C=O) groups excluding carboxylic acids is 3. The largest absolute Gasteiger partial charge is 0.465 e. The van der Waals surface area contributed by atoms with Gasteiger partial charge in [-0.1, -0.05) is 77.8 Å². The molecule has 0 spiro atoms. The van der Waals surface area contributed by atoms with Crippen LogP contribution in [-0.2, 0) is 30.8 Å². The molecule has 1 saturated heterocycles. The number of hydrogen-bond acceptors (Lipinski definition) is 8. The highest BCUT2D eigenvalue weighted by molar-refractivity contribution is 7.90. The first-order chi connectivity index (χ1) is 23.5. The highest BCUT2D eigenvalue weighted by Gasteiger charge is 2.61. The molecule has 1 aromatic heterocycles. The standard InChI is InChI=1S/C37H42ClN3O6S2/c1-23-8-7-9-24(16-23)17-25-10-5-3-2-4-6-11-26-20-37(26,35(44)40-49(45,46)29-13-14-29)21-32(42)31-19-28(22-41(31)34(25)43)47-36-39-30-15-12-27(38)18-33(30)48-36/h6-9,11-12,15-16,18,25-26,28-29,31H,2-5,10,13-14,17,19-22H2,1H3,(H,40,44)/b11-6-/t25-,26-,28-,31+,37-/m1/s1. The second-order valence-corrected chi connectivity index (χ2v) is 17.7. The molecule has 9 nitrogen and oxygen atoms in total. The number of fused-ring (bicyclic) bond motifs is 3. The SMILES string of the molecule is Cc1cccc(C[C@H]2CCCCC/C=C\[C@@H]3C[C@@]3(C(=O)NS(=O)(=O)C3CC3)CC(=O)[C@@H]3C[C@@H](Oc4nc5ccc(Cl)cc5s4)CN3C2=O)c1. The topological polar surface area (TPSA) is 123 Å². The Morgan fingerprint density at radius 1 is 1.12 bits per heavy atom. The van der Waals surface area contributed by atoms with Crippen molar-refractivity contribution in [1.29, 1.82) is 0 Å². The smallest absolute Gasteiger partial charge is 0.274 e. The average molecular weight is 724 g/mol. The predicted molar refractivity (Wildman–Crippen MR) is 190 cm³/mol. The van der Waals surface area contributed by atoms with E-state index in [0.717, 1.165) is 47.0 Å². The zero-order chi connectivity index (χ0) is 34.3. The van der Waals surface area contributed by atoms with Gasteiger partial charge in [0, 0.05) is 23.8 Å². The lowest BCUT2D eigenvalue weighted by Gasteiger charge is -2.29. The van der Waals surface area contributed by atoms with E-state index in [0.29, 0.717) is 42.3 Å². The zero-order valence-electron chi connectivity index (χ0n) is 27.6. The van der Waals surface area contributed by atoms with Crippen molar-refractivity contribution >= 4 is 60.8 Å². The van der Waals surface area contributed by atoms with Crippen LogP contribution in [0, 0.1) is 24.2 Å². The van der Waals surface area contributed by atoms with Gasteiger partial charge in [-0.25, -0.2) is 13.4 Å². The van der Waals surface area contributed by atoms with Crippen LogP contribution < -0.4 is 9.46 Å². The number of aromatic nitrogens is 1. The first kappa shape index (κ1) is 34.2. The third-order valence-corrected chi connectivity index (χ3v) is 13.5. The predicted octanol–water partition coefficient (Wildman–Crippen LogP) is 6.56. The van der Waals surface area contributed by atoms with E-state index in [2.05, 4.69) is 21.8 Å². The minimum Gasteiger partial charge on any atom is -0.465 e. The number of amides is 2. The fraction of sp³-hybridized carbons (Fsp3) is 0.514. The summed E-state index contributed by atoms with van der Waals surface area (Å²) in [5.74, 6) is -1.50. The molecule has 12 heteroatoms. The van der Waals surface area contributed by atoms with Crippen LogP contribution in [0.2, 0.25) is 5.02 Å². The van der Waals surface area contributed by atoms with E-state index in [1.54, 1.807) is 11.0 Å². The Kier molecular flexibility index (Phi) is 9.62. The Bertz CT molecular complexity index is 1910. The maximum absolute atomic E-state index is 14.6. The first-order valence-corrected chi connectivity index (χ1v) is 20.1. The number of Topliss-reactive ketones (excluding diaryl/α,β-unsaturated/α-hetero) is 1. The summed E-state index contributed by atoms with van der Waals surface area (Å²) >= 11 is 7.56. The number of carbonyl (C=O) groups is 3. The summed E-state index contributed by atoms with van der Waals surface area (Å²) in [6, 6.07) is 12.8. The highest BCUT2D eigenvalue weighted by Crippen LogP contribution is 2.57. The van der Waals surface area contributed by atoms with Crippen molar-refractivity contribution in [1.82, 2.24) is 14.6 Å². The summed E-state index contributed by atoms with van der Waals surface area (Å²) in [5.41, 5.74) is 1.80. The molecule has 3 heterocycles. The van der Waals surface area contributed by atoms with Gasteiger partial charge >= 0.3 is 0 Å². The van der Waals surface area contributed by atoms with Gasteiger partial charge in [0.15, 0.2) is 5.78 Å². The summed E-state index contributed by atoms with van der Waals surface area (Å²) in [7, 11) is -3.79. The van der Waals surface area contributed by atoms with Crippen LogP contribution in [-0.4, -0.2) is 59.8 Å². The van der Waals surface area contributed by atoms with E-state index in [1.807, 2.05) is 43.3 Å². The van der Waals surface area contributed by atoms with Gasteiger partial charge < -0.3 is 9.64 Å². The van der Waals surface area contributed by atoms with Crippen molar-refractivity contribution in [3.8, 4) is 5.19 Å². The highest BCUT2D eigenvalue weighted by atomic mass is 35.5. The van der Waals surface area contributed by atoms with E-state index >= 15 is 0 Å². The molecule has 2 aliphatic carbocycles. The number of halogens is 1. The molecule has 0 radical (unpaired) electrons. The maximum atomic E-state index is 14.6. The van der Waals surface area contributed by atoms with Crippen LogP contribution in [0.3, 0.4) is 0 Å². The molecule has 49 heavy (non-hydrogen) atoms. The van der Waals surface area contributed by atoms with Crippen LogP contribution in [0.25, 0.3) is 10.2 Å². The van der Waals surface area contributed by atoms with Crippen molar-refractivity contribution in [3.05, 3.63) is 70.8 Å². The molecule has 0 bridgehead atoms. The molecule has 4 aliphatic rings. The lowest BCUT2D eigenvalue weighted by Crippen LogP contribution is -2.46. The van der Waals surface area contributed by atoms with E-state index in [-0.39, 0.29) is 42.9 Å². The number of hydrogen-bond donors (Lipinski definition) is 1. The van der Waals surface area contributed by atoms with Crippen molar-refractivity contribution < 1.29 is 27.5 Å². The zero-order valence-corrected chi connectivity index (χ0v) is 30.0. The molecule has 0 unspecified atom stereocenters. The molecule has 2 amide bonds. The normalized spacial score (nSPS) is 28.7. The number of benzene rings is 2. The number of allylic oxidation sites excluding steroid dienone is 2. The van der Waals surface area contributed by atoms with Crippen LogP contribution in [0.5, 0.6) is 5.19 Å². The number of thiazole rings is 1. The van der Waals surface area contributed by atoms with Crippen molar-refractivity contribution in [3.63, 3.8) is 0 Å². The van der Waals surface area contributed by atoms with Gasteiger partial charge in [-0.15, -0.1) is 0 Å². The van der Waals surface area contributed by atoms with Gasteiger partial charge in [0.05, 0.1) is 33.5 Å². The molecular weight excluding hydrogens is 682 g/mol. The van der Waals surface area contributed by atoms with E-state index < -0.39 is 38.7 Å². The monoisotopic (exact) mass is 723 g/mol. The van der Waals surface area contributed by atoms with Crippen LogP contribution in [0.1, 0.15) is 75.3 Å². The number of aryl methyl sites for hydroxylation is 1. The average Bonchev–Trinajstić information content (AvgIpc) is 3.95. The molecule has 2 aromatic carbocycles. The van der Waals surface area contributed by atoms with E-state index in [1.165, 1.54) is 11.3 Å². The van der Waals surface area contributed by atoms with Crippen molar-refractivity contribution in [2.24, 2.45) is 17.3 Å². The molecule has 2 aliphatic heterocycles. The third kappa shape index (κ3) is 7.59. The number of sulfonamides is 1. The van der Waals surface area contributed by atoms with Crippen molar-refractivity contribution in [2.75, 3.05) is 6.54 Å². The Morgan fingerprint density at radius 2 is 1.96 bits per heavy atom. The summed E-state index contributed by atoms with van der Waals surface area (Å²) in [6.07, 6.45) is 10.0. The Labute approximate surface area is 296 Å². The summed E-state index contributed by atoms with van der Waals surface area (Å²) < 4.78 is 35.2. The van der Waals surface area contributed by atoms with Gasteiger partial charge in [-0.05, 0) is 81.5 Å². The number of rotatable bonds is 7. The second kappa shape index (κ2) is 13.8. The summed E-state index contributed by atoms with van der Waals surface area (Å²) in [6.45, 7) is 2.25. The van der Waals surface area contributed by atoms with E-state index in [9.17, 15) is 22.8 Å². The summed E-state index contributed by atoms with van der Waals surface area (Å²) in [4.78, 5) is 49.0. The van der Waals surface area contributed by atoms with E-state index in [4.69, 9.17) is 16.3 Å². The lowest BCUT2D eigenvalue weighted by atomic mass is 9.89. The Balaban J connectivity index is 1.18. The van der Waals surface area contributed by atoms with Gasteiger partial charge in [-0.3, -0.25) is 19.1 Å². The van der Waals surface area contributed by atoms with Crippen LogP contribution in [0.15, 0.2) is 54.6 Å². The molecule has 3 fully saturated rings. The summed E-state index contributed by atoms with van der Waals surface area (Å²) in [5, 5.41) is 0.486. The molecule has 3 aromatic rings. The van der Waals surface area contributed by atoms with Gasteiger partial charge in [-0.2, -0.15) is 0 Å². The third-order valence-electron chi connectivity index (χ3n) is 10.5. The minimum atomic E-state index is -3.79. The molecule has 260 valence electrons. The molecular formula is C37H42ClN3O6S2. The molecule has 2 saturated carbocycles. The van der Waals surface area contributed by atoms with Gasteiger partial charge in [0.1, 0.15) is 6.10 Å². The lowest BCUT2D eigenvalue weighted by molar-refractivity contribution is -0.142. The van der Waals surface area contributed by atoms with Crippen molar-refractivity contribution in [2.45, 2.75) is 94.9 Å². The van der Waals surface area contributed by atoms with Gasteiger partial charge in [0.25, 0.3) is 5.19 Å². The maximum Gasteiger partial charge on any atom is 0.274 e. The fourth-order valence-electron chi connectivity index (χ4n) is 7.51. The minimum absolute atomic E-state index is 0.0859. The number of ether oxygens (including phenoxy) is 1. The molecule has 7 rings (SSSR count). The van der Waals surface area contributed by atoms with Gasteiger partial charge in [0.2, 0.25) is 21.8 Å². The quantitative estimate of drug-likeness (QED) is 0.274. The second-order valence-electron chi connectivity index (χ2n) is 14.3. The number of nitrogens with zero attached hydrogens (tertiary/aromatic N) is 2. The van der Waals surface area contributed by atoms with Crippen LogP contribution >= 0.6 is 22.9 Å². The Hall–Kier alpha value is -3.28. The first-order valence-electron chi connectivity index (χ1n) is 17.3. The molecule has 5 atom stereocenters. The van der Waals surface area contributed by atoms with Crippen LogP contribution in [0.4, 0.5) is 0 Å². The fourth-order valence-corrected chi connectivity index (χ4v) is 10.1. The Morgan fingerprint density at radius 3 is 2.76 bits per heavy atom. The number of nitrogens with one attached hydrogen (secondary N) is 1.